The van der Waals surface area contributed by atoms with Crippen LogP contribution in [0.5, 0.6) is 0 Å². The van der Waals surface area contributed by atoms with Crippen molar-refractivity contribution < 1.29 is 14.4 Å². The van der Waals surface area contributed by atoms with Crippen LogP contribution in [0.1, 0.15) is 32.6 Å². The lowest BCUT2D eigenvalue weighted by atomic mass is 9.90. The third-order valence-electron chi connectivity index (χ3n) is 1.73. The summed E-state index contributed by atoms with van der Waals surface area (Å²) in [5, 5.41) is 10.8. The van der Waals surface area contributed by atoms with E-state index in [2.05, 4.69) is 6.92 Å². The van der Waals surface area contributed by atoms with Gasteiger partial charge in [0.25, 0.3) is 0 Å². The molecule has 0 aromatic carbocycles. The number of rotatable bonds is 0. The predicted octanol–water partition coefficient (Wildman–Crippen LogP) is 1.57. The molecule has 1 saturated carbocycles. The molecule has 1 rings (SSSR count). The molecule has 5 nitrogen and oxygen atoms in total. The summed E-state index contributed by atoms with van der Waals surface area (Å²) in [4.78, 5) is 27.4. The summed E-state index contributed by atoms with van der Waals surface area (Å²) in [6.45, 7) is 2.15. The minimum atomic E-state index is 0.462. The molecule has 1 aliphatic carbocycles. The van der Waals surface area contributed by atoms with Crippen LogP contribution in [0.25, 0.3) is 0 Å². The fraction of sp³-hybridized carbons (Fsp3) is 0.667. The Morgan fingerprint density at radius 1 is 1.29 bits per heavy atom. The summed E-state index contributed by atoms with van der Waals surface area (Å²) in [7, 11) is 0. The van der Waals surface area contributed by atoms with E-state index in [9.17, 15) is 4.79 Å². The number of ketones is 1. The summed E-state index contributed by atoms with van der Waals surface area (Å²) in [5.41, 5.74) is 0. The molecule has 0 saturated heterocycles. The number of hydrogen-bond donors (Lipinski definition) is 2. The molecule has 0 amide bonds. The summed E-state index contributed by atoms with van der Waals surface area (Å²) in [6.07, 6.45) is 5.55. The Labute approximate surface area is 82.5 Å². The molecule has 0 bridgehead atoms. The highest BCUT2D eigenvalue weighted by atomic mass is 16.1. The molecule has 78 valence electrons. The average molecular weight is 198 g/mol. The van der Waals surface area contributed by atoms with Crippen LogP contribution in [-0.4, -0.2) is 17.9 Å². The van der Waals surface area contributed by atoms with E-state index in [1.807, 2.05) is 0 Å². The van der Waals surface area contributed by atoms with E-state index in [1.165, 1.54) is 6.42 Å². The second-order valence-electron chi connectivity index (χ2n) is 2.94. The van der Waals surface area contributed by atoms with Crippen molar-refractivity contribution in [3.05, 3.63) is 0 Å². The fourth-order valence-corrected chi connectivity index (χ4v) is 1.24. The van der Waals surface area contributed by atoms with Crippen molar-refractivity contribution in [1.29, 1.82) is 10.8 Å². The van der Waals surface area contributed by atoms with Gasteiger partial charge in [-0.25, -0.2) is 20.4 Å². The van der Waals surface area contributed by atoms with Crippen LogP contribution < -0.4 is 0 Å². The molecule has 5 heteroatoms. The van der Waals surface area contributed by atoms with Crippen molar-refractivity contribution in [2.24, 2.45) is 5.92 Å². The first-order chi connectivity index (χ1) is 6.62. The van der Waals surface area contributed by atoms with Crippen molar-refractivity contribution in [2.45, 2.75) is 32.6 Å². The maximum absolute atomic E-state index is 10.7. The van der Waals surface area contributed by atoms with Crippen LogP contribution in [0.4, 0.5) is 0 Å². The number of carbonyl (C=O) groups excluding carboxylic acids is 3. The Balaban J connectivity index is 0. The summed E-state index contributed by atoms with van der Waals surface area (Å²) >= 11 is 0. The van der Waals surface area contributed by atoms with Crippen molar-refractivity contribution >= 4 is 17.9 Å². The van der Waals surface area contributed by atoms with E-state index in [0.29, 0.717) is 11.7 Å². The molecule has 14 heavy (non-hydrogen) atoms. The molecule has 0 aromatic rings. The highest BCUT2D eigenvalue weighted by molar-refractivity contribution is 5.79. The van der Waals surface area contributed by atoms with E-state index in [-0.39, 0.29) is 0 Å². The second kappa shape index (κ2) is 11.4. The first kappa shape index (κ1) is 14.9. The summed E-state index contributed by atoms with van der Waals surface area (Å²) < 4.78 is 0. The molecule has 0 aromatic heterocycles. The van der Waals surface area contributed by atoms with Crippen LogP contribution in [0.2, 0.25) is 0 Å². The minimum Gasteiger partial charge on any atom is -0.300 e. The Morgan fingerprint density at radius 3 is 1.93 bits per heavy atom. The van der Waals surface area contributed by atoms with Crippen molar-refractivity contribution in [3.63, 3.8) is 0 Å². The standard InChI is InChI=1S/C7H12O.2CHNO/c1-6-3-2-4-7(8)5-6;2*2-1-3/h6H,2-5H2,1H3;2*2H. The fourth-order valence-electron chi connectivity index (χ4n) is 1.24. The van der Waals surface area contributed by atoms with Crippen LogP contribution >= 0.6 is 0 Å². The van der Waals surface area contributed by atoms with Gasteiger partial charge in [0.1, 0.15) is 5.78 Å². The third kappa shape index (κ3) is 13.1. The van der Waals surface area contributed by atoms with Gasteiger partial charge >= 0.3 is 0 Å². The van der Waals surface area contributed by atoms with Gasteiger partial charge in [0.05, 0.1) is 0 Å². The Bertz CT molecular complexity index is 214. The highest BCUT2D eigenvalue weighted by Crippen LogP contribution is 2.19. The van der Waals surface area contributed by atoms with Gasteiger partial charge in [0.15, 0.2) is 0 Å². The lowest BCUT2D eigenvalue weighted by Crippen LogP contribution is -2.11. The van der Waals surface area contributed by atoms with Gasteiger partial charge in [-0.1, -0.05) is 6.92 Å². The zero-order chi connectivity index (χ0) is 11.4. The third-order valence-corrected chi connectivity index (χ3v) is 1.73. The molecule has 1 fully saturated rings. The Kier molecular flexibility index (Phi) is 12.2. The molecule has 0 radical (unpaired) electrons. The number of carbonyl (C=O) groups is 1. The topological polar surface area (TPSA) is 98.9 Å². The number of isocyanates is 2. The second-order valence-corrected chi connectivity index (χ2v) is 2.94. The van der Waals surface area contributed by atoms with E-state index in [0.717, 1.165) is 31.4 Å². The van der Waals surface area contributed by atoms with Gasteiger partial charge in [-0.15, -0.1) is 0 Å². The molecule has 1 unspecified atom stereocenters. The van der Waals surface area contributed by atoms with Gasteiger partial charge in [0, 0.05) is 12.8 Å². The van der Waals surface area contributed by atoms with E-state index in [1.54, 1.807) is 0 Å². The Hall–Kier alpha value is -1.57. The van der Waals surface area contributed by atoms with Gasteiger partial charge in [0.2, 0.25) is 12.2 Å². The smallest absolute Gasteiger partial charge is 0.231 e. The first-order valence-corrected chi connectivity index (χ1v) is 4.21. The summed E-state index contributed by atoms with van der Waals surface area (Å²) in [5.74, 6) is 1.12. The van der Waals surface area contributed by atoms with E-state index < -0.39 is 0 Å². The number of Topliss-reactive ketones (excluding diaryl/α,β-unsaturated/α-hetero) is 1. The molecule has 0 aliphatic heterocycles. The molecular weight excluding hydrogens is 184 g/mol. The molecule has 2 N–H and O–H groups in total. The van der Waals surface area contributed by atoms with Gasteiger partial charge in [-0.05, 0) is 18.8 Å². The molecule has 0 spiro atoms. The van der Waals surface area contributed by atoms with Crippen LogP contribution in [0.15, 0.2) is 0 Å². The van der Waals surface area contributed by atoms with E-state index in [4.69, 9.17) is 20.4 Å². The van der Waals surface area contributed by atoms with Gasteiger partial charge < -0.3 is 0 Å². The maximum Gasteiger partial charge on any atom is 0.231 e. The highest BCUT2D eigenvalue weighted by Gasteiger charge is 2.14. The lowest BCUT2D eigenvalue weighted by Gasteiger charge is -2.14. The van der Waals surface area contributed by atoms with Crippen LogP contribution in [0, 0.1) is 16.7 Å². The number of nitrogens with one attached hydrogen (secondary N) is 2. The normalized spacial score (nSPS) is 18.6. The van der Waals surface area contributed by atoms with Crippen molar-refractivity contribution in [2.75, 3.05) is 0 Å². The average Bonchev–Trinajstić information content (AvgIpc) is 2.06. The van der Waals surface area contributed by atoms with Gasteiger partial charge in [-0.3, -0.25) is 4.79 Å². The van der Waals surface area contributed by atoms with E-state index >= 15 is 0 Å². The number of hydrogen-bond acceptors (Lipinski definition) is 5. The molecule has 1 aliphatic rings. The largest absolute Gasteiger partial charge is 0.300 e. The first-order valence-electron chi connectivity index (χ1n) is 4.21. The van der Waals surface area contributed by atoms with Crippen molar-refractivity contribution in [1.82, 2.24) is 0 Å². The molecule has 0 heterocycles. The van der Waals surface area contributed by atoms with Crippen LogP contribution in [0.3, 0.4) is 0 Å². The zero-order valence-electron chi connectivity index (χ0n) is 8.13. The van der Waals surface area contributed by atoms with Crippen LogP contribution in [-0.2, 0) is 14.4 Å². The SMILES string of the molecule is CC1CCCC(=O)C1.N=C=O.N=C=O. The zero-order valence-corrected chi connectivity index (χ0v) is 8.13. The Morgan fingerprint density at radius 2 is 1.71 bits per heavy atom. The predicted molar refractivity (Wildman–Crippen MR) is 49.5 cm³/mol. The minimum absolute atomic E-state index is 0.462. The van der Waals surface area contributed by atoms with Crippen molar-refractivity contribution in [3.8, 4) is 0 Å². The quantitative estimate of drug-likeness (QED) is 0.456. The van der Waals surface area contributed by atoms with Gasteiger partial charge in [-0.2, -0.15) is 0 Å². The maximum atomic E-state index is 10.7. The molecular formula is C9H14N2O3. The monoisotopic (exact) mass is 198 g/mol. The lowest BCUT2D eigenvalue weighted by molar-refractivity contribution is -0.121. The molecule has 1 atom stereocenters. The summed E-state index contributed by atoms with van der Waals surface area (Å²) in [6, 6.07) is 0.